The maximum atomic E-state index is 11.5. The summed E-state index contributed by atoms with van der Waals surface area (Å²) >= 11 is 0. The van der Waals surface area contributed by atoms with Gasteiger partial charge in [-0.15, -0.1) is 0 Å². The Morgan fingerprint density at radius 3 is 2.93 bits per heavy atom. The van der Waals surface area contributed by atoms with Crippen LogP contribution in [0.4, 0.5) is 4.79 Å². The first-order valence-corrected chi connectivity index (χ1v) is 5.10. The van der Waals surface area contributed by atoms with Crippen LogP contribution in [0.2, 0.25) is 0 Å². The lowest BCUT2D eigenvalue weighted by atomic mass is 10.5. The van der Waals surface area contributed by atoms with Gasteiger partial charge in [0.2, 0.25) is 0 Å². The van der Waals surface area contributed by atoms with Crippen LogP contribution < -0.4 is 5.32 Å². The van der Waals surface area contributed by atoms with Crippen LogP contribution >= 0.6 is 0 Å². The number of hydrogen-bond donors (Lipinski definition) is 1. The van der Waals surface area contributed by atoms with E-state index >= 15 is 0 Å². The fourth-order valence-electron chi connectivity index (χ4n) is 1.20. The summed E-state index contributed by atoms with van der Waals surface area (Å²) < 4.78 is 1.91. The van der Waals surface area contributed by atoms with Crippen molar-refractivity contribution in [3.05, 3.63) is 18.2 Å². The van der Waals surface area contributed by atoms with E-state index in [2.05, 4.69) is 10.3 Å². The summed E-state index contributed by atoms with van der Waals surface area (Å²) in [5, 5.41) is 2.81. The Bertz CT molecular complexity index is 321. The molecule has 0 aliphatic heterocycles. The van der Waals surface area contributed by atoms with Gasteiger partial charge >= 0.3 is 6.03 Å². The maximum absolute atomic E-state index is 11.5. The third kappa shape index (κ3) is 3.27. The van der Waals surface area contributed by atoms with Crippen molar-refractivity contribution < 1.29 is 4.79 Å². The molecule has 2 amide bonds. The number of hydrogen-bond acceptors (Lipinski definition) is 2. The van der Waals surface area contributed by atoms with E-state index in [1.165, 1.54) is 0 Å². The standard InChI is InChI=1S/C10H18N4O/c1-4-5-12-10(15)14(3)8-9-11-6-7-13(9)2/h6-7H,4-5,8H2,1-3H3,(H,12,15). The van der Waals surface area contributed by atoms with E-state index in [0.717, 1.165) is 12.2 Å². The summed E-state index contributed by atoms with van der Waals surface area (Å²) in [5.41, 5.74) is 0. The van der Waals surface area contributed by atoms with Gasteiger partial charge in [-0.25, -0.2) is 9.78 Å². The fourth-order valence-corrected chi connectivity index (χ4v) is 1.20. The van der Waals surface area contributed by atoms with E-state index < -0.39 is 0 Å². The van der Waals surface area contributed by atoms with E-state index in [4.69, 9.17) is 0 Å². The Hall–Kier alpha value is -1.52. The van der Waals surface area contributed by atoms with Gasteiger partial charge in [0.25, 0.3) is 0 Å². The monoisotopic (exact) mass is 210 g/mol. The van der Waals surface area contributed by atoms with E-state index in [9.17, 15) is 4.79 Å². The third-order valence-corrected chi connectivity index (χ3v) is 2.17. The Balaban J connectivity index is 2.45. The van der Waals surface area contributed by atoms with Gasteiger partial charge in [0.1, 0.15) is 5.82 Å². The Morgan fingerprint density at radius 2 is 2.40 bits per heavy atom. The quantitative estimate of drug-likeness (QED) is 0.805. The molecule has 0 atom stereocenters. The first-order chi connectivity index (χ1) is 7.15. The summed E-state index contributed by atoms with van der Waals surface area (Å²) in [5.74, 6) is 0.879. The van der Waals surface area contributed by atoms with Gasteiger partial charge in [-0.1, -0.05) is 6.92 Å². The molecule has 0 radical (unpaired) electrons. The molecule has 0 aliphatic rings. The number of imidazole rings is 1. The maximum Gasteiger partial charge on any atom is 0.317 e. The van der Waals surface area contributed by atoms with Gasteiger partial charge in [0, 0.05) is 33.0 Å². The van der Waals surface area contributed by atoms with Crippen molar-refractivity contribution in [2.75, 3.05) is 13.6 Å². The van der Waals surface area contributed by atoms with Crippen molar-refractivity contribution >= 4 is 6.03 Å². The second-order valence-electron chi connectivity index (χ2n) is 3.54. The predicted octanol–water partition coefficient (Wildman–Crippen LogP) is 0.971. The van der Waals surface area contributed by atoms with E-state index in [0.29, 0.717) is 13.1 Å². The lowest BCUT2D eigenvalue weighted by Crippen LogP contribution is -2.37. The summed E-state index contributed by atoms with van der Waals surface area (Å²) in [6, 6.07) is -0.0557. The Morgan fingerprint density at radius 1 is 1.67 bits per heavy atom. The normalized spacial score (nSPS) is 10.1. The van der Waals surface area contributed by atoms with Crippen LogP contribution in [-0.2, 0) is 13.6 Å². The highest BCUT2D eigenvalue weighted by atomic mass is 16.2. The SMILES string of the molecule is CCCNC(=O)N(C)Cc1nccn1C. The number of nitrogens with zero attached hydrogens (tertiary/aromatic N) is 3. The summed E-state index contributed by atoms with van der Waals surface area (Å²) in [6.45, 7) is 3.27. The largest absolute Gasteiger partial charge is 0.338 e. The first-order valence-electron chi connectivity index (χ1n) is 5.10. The summed E-state index contributed by atoms with van der Waals surface area (Å²) in [6.07, 6.45) is 4.54. The van der Waals surface area contributed by atoms with Gasteiger partial charge < -0.3 is 14.8 Å². The molecule has 0 fully saturated rings. The molecule has 1 heterocycles. The van der Waals surface area contributed by atoms with Crippen LogP contribution in [-0.4, -0.2) is 34.1 Å². The lowest BCUT2D eigenvalue weighted by Gasteiger charge is -2.17. The number of urea groups is 1. The lowest BCUT2D eigenvalue weighted by molar-refractivity contribution is 0.205. The number of carbonyl (C=O) groups is 1. The van der Waals surface area contributed by atoms with Gasteiger partial charge in [-0.3, -0.25) is 0 Å². The molecule has 1 aromatic rings. The number of rotatable bonds is 4. The van der Waals surface area contributed by atoms with E-state index in [1.54, 1.807) is 18.1 Å². The minimum absolute atomic E-state index is 0.0557. The molecular formula is C10H18N4O. The van der Waals surface area contributed by atoms with Crippen molar-refractivity contribution in [1.29, 1.82) is 0 Å². The van der Waals surface area contributed by atoms with Crippen molar-refractivity contribution in [2.24, 2.45) is 7.05 Å². The fraction of sp³-hybridized carbons (Fsp3) is 0.600. The summed E-state index contributed by atoms with van der Waals surface area (Å²) in [7, 11) is 3.68. The molecular weight excluding hydrogens is 192 g/mol. The van der Waals surface area contributed by atoms with Gasteiger partial charge in [-0.05, 0) is 6.42 Å². The number of carbonyl (C=O) groups excluding carboxylic acids is 1. The highest BCUT2D eigenvalue weighted by Gasteiger charge is 2.09. The van der Waals surface area contributed by atoms with Crippen LogP contribution in [0, 0.1) is 0 Å². The molecule has 1 aromatic heterocycles. The smallest absolute Gasteiger partial charge is 0.317 e. The second kappa shape index (κ2) is 5.38. The molecule has 0 bridgehead atoms. The Kier molecular flexibility index (Phi) is 4.15. The minimum Gasteiger partial charge on any atom is -0.338 e. The minimum atomic E-state index is -0.0557. The highest BCUT2D eigenvalue weighted by Crippen LogP contribution is 1.99. The zero-order valence-electron chi connectivity index (χ0n) is 9.53. The molecule has 5 nitrogen and oxygen atoms in total. The molecule has 0 saturated heterocycles. The molecule has 1 rings (SSSR count). The van der Waals surface area contributed by atoms with Gasteiger partial charge in [0.05, 0.1) is 6.54 Å². The third-order valence-electron chi connectivity index (χ3n) is 2.17. The van der Waals surface area contributed by atoms with E-state index in [1.807, 2.05) is 24.7 Å². The zero-order chi connectivity index (χ0) is 11.3. The van der Waals surface area contributed by atoms with Crippen molar-refractivity contribution in [1.82, 2.24) is 19.8 Å². The van der Waals surface area contributed by atoms with Gasteiger partial charge in [-0.2, -0.15) is 0 Å². The number of aromatic nitrogens is 2. The average Bonchev–Trinajstić information content (AvgIpc) is 2.61. The molecule has 5 heteroatoms. The highest BCUT2D eigenvalue weighted by molar-refractivity contribution is 5.73. The average molecular weight is 210 g/mol. The van der Waals surface area contributed by atoms with Crippen LogP contribution in [0.25, 0.3) is 0 Å². The molecule has 0 aliphatic carbocycles. The zero-order valence-corrected chi connectivity index (χ0v) is 9.53. The molecule has 0 aromatic carbocycles. The summed E-state index contributed by atoms with van der Waals surface area (Å²) in [4.78, 5) is 17.3. The second-order valence-corrected chi connectivity index (χ2v) is 3.54. The molecule has 0 unspecified atom stereocenters. The van der Waals surface area contributed by atoms with E-state index in [-0.39, 0.29) is 6.03 Å². The first kappa shape index (κ1) is 11.6. The number of amides is 2. The Labute approximate surface area is 90.1 Å². The van der Waals surface area contributed by atoms with Crippen molar-refractivity contribution in [2.45, 2.75) is 19.9 Å². The van der Waals surface area contributed by atoms with Crippen molar-refractivity contribution in [3.63, 3.8) is 0 Å². The number of nitrogens with one attached hydrogen (secondary N) is 1. The van der Waals surface area contributed by atoms with Crippen LogP contribution in [0.5, 0.6) is 0 Å². The van der Waals surface area contributed by atoms with Gasteiger partial charge in [0.15, 0.2) is 0 Å². The van der Waals surface area contributed by atoms with Crippen LogP contribution in [0.1, 0.15) is 19.2 Å². The molecule has 0 saturated carbocycles. The van der Waals surface area contributed by atoms with Crippen LogP contribution in [0.15, 0.2) is 12.4 Å². The molecule has 1 N–H and O–H groups in total. The molecule has 15 heavy (non-hydrogen) atoms. The molecule has 84 valence electrons. The topological polar surface area (TPSA) is 50.2 Å². The number of aryl methyl sites for hydroxylation is 1. The predicted molar refractivity (Wildman–Crippen MR) is 58.4 cm³/mol. The van der Waals surface area contributed by atoms with Crippen molar-refractivity contribution in [3.8, 4) is 0 Å². The molecule has 0 spiro atoms. The van der Waals surface area contributed by atoms with Crippen LogP contribution in [0.3, 0.4) is 0 Å².